The first-order valence-electron chi connectivity index (χ1n) is 9.81. The molecule has 1 saturated heterocycles. The molecule has 1 aliphatic rings. The molecule has 0 aliphatic carbocycles. The summed E-state index contributed by atoms with van der Waals surface area (Å²) in [5, 5.41) is 0. The molecule has 4 N–H and O–H groups in total. The van der Waals surface area contributed by atoms with Gasteiger partial charge in [-0.05, 0) is 61.2 Å². The number of ether oxygens (including phenoxy) is 3. The van der Waals surface area contributed by atoms with Gasteiger partial charge in [-0.25, -0.2) is 0 Å². The van der Waals surface area contributed by atoms with Gasteiger partial charge >= 0.3 is 0 Å². The van der Waals surface area contributed by atoms with Gasteiger partial charge in [0.05, 0.1) is 14.2 Å². The van der Waals surface area contributed by atoms with Crippen molar-refractivity contribution in [1.82, 2.24) is 4.90 Å². The van der Waals surface area contributed by atoms with E-state index in [4.69, 9.17) is 25.7 Å². The van der Waals surface area contributed by atoms with Crippen LogP contribution in [0.3, 0.4) is 0 Å². The summed E-state index contributed by atoms with van der Waals surface area (Å²) in [5.41, 5.74) is 13.0. The number of amides is 1. The average molecular weight is 399 g/mol. The summed E-state index contributed by atoms with van der Waals surface area (Å²) >= 11 is 0. The van der Waals surface area contributed by atoms with E-state index in [1.165, 1.54) is 0 Å². The molecule has 2 aromatic rings. The van der Waals surface area contributed by atoms with Crippen LogP contribution < -0.4 is 25.7 Å². The van der Waals surface area contributed by atoms with Crippen LogP contribution in [0.5, 0.6) is 23.0 Å². The zero-order chi connectivity index (χ0) is 20.8. The lowest BCUT2D eigenvalue weighted by Crippen LogP contribution is -2.42. The smallest absolute Gasteiger partial charge is 0.254 e. The first-order chi connectivity index (χ1) is 14.1. The molecule has 0 saturated carbocycles. The highest BCUT2D eigenvalue weighted by Crippen LogP contribution is 2.37. The summed E-state index contributed by atoms with van der Waals surface area (Å²) in [4.78, 5) is 14.8. The van der Waals surface area contributed by atoms with Gasteiger partial charge in [-0.15, -0.1) is 0 Å². The van der Waals surface area contributed by atoms with Gasteiger partial charge in [0, 0.05) is 25.2 Å². The zero-order valence-electron chi connectivity index (χ0n) is 17.0. The van der Waals surface area contributed by atoms with E-state index in [9.17, 15) is 4.79 Å². The Labute approximate surface area is 171 Å². The van der Waals surface area contributed by atoms with Crippen LogP contribution in [-0.2, 0) is 6.54 Å². The molecule has 7 heteroatoms. The van der Waals surface area contributed by atoms with E-state index in [-0.39, 0.29) is 5.91 Å². The number of hydrogen-bond acceptors (Lipinski definition) is 6. The van der Waals surface area contributed by atoms with Gasteiger partial charge < -0.3 is 30.6 Å². The van der Waals surface area contributed by atoms with Gasteiger partial charge in [-0.1, -0.05) is 6.07 Å². The molecule has 1 atom stereocenters. The molecular formula is C22H29N3O4. The lowest BCUT2D eigenvalue weighted by Gasteiger charge is -2.32. The lowest BCUT2D eigenvalue weighted by molar-refractivity contribution is 0.0678. The van der Waals surface area contributed by atoms with E-state index in [1.807, 2.05) is 17.0 Å². The number of rotatable bonds is 7. The third-order valence-corrected chi connectivity index (χ3v) is 5.23. The topological polar surface area (TPSA) is 100 Å². The fourth-order valence-corrected chi connectivity index (χ4v) is 3.55. The van der Waals surface area contributed by atoms with Crippen molar-refractivity contribution in [3.63, 3.8) is 0 Å². The average Bonchev–Trinajstić information content (AvgIpc) is 2.79. The van der Waals surface area contributed by atoms with Crippen molar-refractivity contribution in [2.45, 2.75) is 19.4 Å². The first kappa shape index (κ1) is 21.0. The van der Waals surface area contributed by atoms with E-state index in [1.54, 1.807) is 38.5 Å². The second kappa shape index (κ2) is 9.62. The van der Waals surface area contributed by atoms with Crippen molar-refractivity contribution in [3.05, 3.63) is 47.5 Å². The van der Waals surface area contributed by atoms with Gasteiger partial charge in [0.25, 0.3) is 5.91 Å². The first-order valence-corrected chi connectivity index (χ1v) is 9.81. The summed E-state index contributed by atoms with van der Waals surface area (Å²) < 4.78 is 16.9. The molecule has 29 heavy (non-hydrogen) atoms. The standard InChI is InChI=1S/C22H29N3O4/c1-27-20-10-15(12-23)5-7-18(20)29-19-8-6-17(11-21(19)28-2)22(26)25-9-3-4-16(13-24)14-25/h5-8,10-11,16H,3-4,9,12-14,23-24H2,1-2H3. The number of methoxy groups -OCH3 is 2. The molecule has 1 fully saturated rings. The van der Waals surface area contributed by atoms with Crippen LogP contribution in [0.2, 0.25) is 0 Å². The molecule has 0 aromatic heterocycles. The second-order valence-electron chi connectivity index (χ2n) is 7.15. The molecule has 1 unspecified atom stereocenters. The number of nitrogens with zero attached hydrogens (tertiary/aromatic N) is 1. The van der Waals surface area contributed by atoms with Gasteiger partial charge in [0.15, 0.2) is 23.0 Å². The Bertz CT molecular complexity index is 856. The van der Waals surface area contributed by atoms with Crippen LogP contribution in [0.25, 0.3) is 0 Å². The Balaban J connectivity index is 1.81. The monoisotopic (exact) mass is 399 g/mol. The Hall–Kier alpha value is -2.77. The number of hydrogen-bond donors (Lipinski definition) is 2. The molecule has 1 amide bonds. The highest BCUT2D eigenvalue weighted by atomic mass is 16.5. The van der Waals surface area contributed by atoms with E-state index < -0.39 is 0 Å². The molecule has 0 radical (unpaired) electrons. The molecule has 156 valence electrons. The summed E-state index contributed by atoms with van der Waals surface area (Å²) in [6.45, 7) is 2.46. The maximum absolute atomic E-state index is 12.9. The van der Waals surface area contributed by atoms with E-state index in [0.29, 0.717) is 54.1 Å². The normalized spacial score (nSPS) is 16.4. The quantitative estimate of drug-likeness (QED) is 0.743. The van der Waals surface area contributed by atoms with Gasteiger partial charge in [-0.3, -0.25) is 4.79 Å². The minimum absolute atomic E-state index is 0.0159. The Kier molecular flexibility index (Phi) is 6.95. The Morgan fingerprint density at radius 3 is 2.38 bits per heavy atom. The summed E-state index contributed by atoms with van der Waals surface area (Å²) in [7, 11) is 3.13. The lowest BCUT2D eigenvalue weighted by atomic mass is 9.97. The molecular weight excluding hydrogens is 370 g/mol. The van der Waals surface area contributed by atoms with E-state index in [0.717, 1.165) is 24.9 Å². The van der Waals surface area contributed by atoms with Crippen LogP contribution in [0.15, 0.2) is 36.4 Å². The maximum Gasteiger partial charge on any atom is 0.254 e. The van der Waals surface area contributed by atoms with Gasteiger partial charge in [0.2, 0.25) is 0 Å². The number of nitrogens with two attached hydrogens (primary N) is 2. The second-order valence-corrected chi connectivity index (χ2v) is 7.15. The van der Waals surface area contributed by atoms with Gasteiger partial charge in [0.1, 0.15) is 0 Å². The molecule has 2 aromatic carbocycles. The van der Waals surface area contributed by atoms with Crippen LogP contribution in [0, 0.1) is 5.92 Å². The van der Waals surface area contributed by atoms with E-state index >= 15 is 0 Å². The molecule has 7 nitrogen and oxygen atoms in total. The molecule has 0 bridgehead atoms. The third-order valence-electron chi connectivity index (χ3n) is 5.23. The van der Waals surface area contributed by atoms with Crippen molar-refractivity contribution in [2.24, 2.45) is 17.4 Å². The SMILES string of the molecule is COc1cc(CN)ccc1Oc1ccc(C(=O)N2CCCC(CN)C2)cc1OC. The number of carbonyl (C=O) groups excluding carboxylic acids is 1. The Morgan fingerprint density at radius 2 is 1.72 bits per heavy atom. The minimum atomic E-state index is -0.0159. The summed E-state index contributed by atoms with van der Waals surface area (Å²) in [6, 6.07) is 10.7. The fraction of sp³-hybridized carbons (Fsp3) is 0.409. The van der Waals surface area contributed by atoms with Crippen LogP contribution in [0.4, 0.5) is 0 Å². The van der Waals surface area contributed by atoms with Crippen LogP contribution in [-0.4, -0.2) is 44.7 Å². The van der Waals surface area contributed by atoms with Crippen LogP contribution >= 0.6 is 0 Å². The fourth-order valence-electron chi connectivity index (χ4n) is 3.55. The van der Waals surface area contributed by atoms with Crippen molar-refractivity contribution >= 4 is 5.91 Å². The van der Waals surface area contributed by atoms with Crippen molar-refractivity contribution < 1.29 is 19.0 Å². The zero-order valence-corrected chi connectivity index (χ0v) is 17.0. The van der Waals surface area contributed by atoms with Crippen LogP contribution in [0.1, 0.15) is 28.8 Å². The third kappa shape index (κ3) is 4.81. The summed E-state index contributed by atoms with van der Waals surface area (Å²) in [6.07, 6.45) is 2.05. The number of benzene rings is 2. The predicted molar refractivity (Wildman–Crippen MR) is 112 cm³/mol. The van der Waals surface area contributed by atoms with Crippen molar-refractivity contribution in [3.8, 4) is 23.0 Å². The van der Waals surface area contributed by atoms with Crippen molar-refractivity contribution in [2.75, 3.05) is 33.9 Å². The number of carbonyl (C=O) groups is 1. The predicted octanol–water partition coefficient (Wildman–Crippen LogP) is 2.77. The van der Waals surface area contributed by atoms with Gasteiger partial charge in [-0.2, -0.15) is 0 Å². The molecule has 0 spiro atoms. The summed E-state index contributed by atoms with van der Waals surface area (Å²) in [5.74, 6) is 2.45. The molecule has 3 rings (SSSR count). The van der Waals surface area contributed by atoms with E-state index in [2.05, 4.69) is 0 Å². The number of likely N-dealkylation sites (tertiary alicyclic amines) is 1. The number of piperidine rings is 1. The largest absolute Gasteiger partial charge is 0.493 e. The molecule has 1 aliphatic heterocycles. The Morgan fingerprint density at radius 1 is 1.03 bits per heavy atom. The minimum Gasteiger partial charge on any atom is -0.493 e. The maximum atomic E-state index is 12.9. The highest BCUT2D eigenvalue weighted by molar-refractivity contribution is 5.95. The van der Waals surface area contributed by atoms with Crippen molar-refractivity contribution in [1.29, 1.82) is 0 Å². The highest BCUT2D eigenvalue weighted by Gasteiger charge is 2.24. The molecule has 1 heterocycles.